The van der Waals surface area contributed by atoms with Crippen LogP contribution in [0, 0.1) is 6.92 Å². The molecular formula is C24H27N3O4S. The van der Waals surface area contributed by atoms with Gasteiger partial charge in [-0.1, -0.05) is 24.3 Å². The number of carbonyl (C=O) groups excluding carboxylic acids is 1. The number of thiazole rings is 1. The van der Waals surface area contributed by atoms with E-state index in [1.165, 1.54) is 16.9 Å². The third-order valence-corrected chi connectivity index (χ3v) is 5.26. The molecule has 0 aliphatic carbocycles. The molecule has 0 amide bonds. The van der Waals surface area contributed by atoms with Crippen LogP contribution >= 0.6 is 11.3 Å². The van der Waals surface area contributed by atoms with E-state index in [0.717, 1.165) is 11.1 Å². The van der Waals surface area contributed by atoms with E-state index in [-0.39, 0.29) is 12.4 Å². The number of hydrogen-bond acceptors (Lipinski definition) is 8. The maximum absolute atomic E-state index is 11.5. The third kappa shape index (κ3) is 6.81. The number of nitrogens with zero attached hydrogens (tertiary/aromatic N) is 2. The molecule has 2 aromatic carbocycles. The number of carbonyl (C=O) groups is 1. The lowest BCUT2D eigenvalue weighted by Crippen LogP contribution is -2.07. The molecule has 0 aliphatic heterocycles. The fourth-order valence-corrected chi connectivity index (χ4v) is 3.54. The van der Waals surface area contributed by atoms with E-state index in [1.54, 1.807) is 13.1 Å². The molecule has 0 bridgehead atoms. The molecule has 168 valence electrons. The Labute approximate surface area is 192 Å². The lowest BCUT2D eigenvalue weighted by atomic mass is 10.1. The molecule has 3 aromatic rings. The Bertz CT molecular complexity index is 1060. The van der Waals surface area contributed by atoms with Gasteiger partial charge in [-0.15, -0.1) is 11.3 Å². The van der Waals surface area contributed by atoms with Crippen LogP contribution in [0.5, 0.6) is 11.5 Å². The maximum Gasteiger partial charge on any atom is 0.311 e. The molecule has 1 heterocycles. The van der Waals surface area contributed by atoms with Gasteiger partial charge < -0.3 is 14.2 Å². The van der Waals surface area contributed by atoms with Crippen molar-refractivity contribution in [2.24, 2.45) is 5.10 Å². The Morgan fingerprint density at radius 3 is 2.75 bits per heavy atom. The molecule has 8 heteroatoms. The largest absolute Gasteiger partial charge is 0.490 e. The van der Waals surface area contributed by atoms with Gasteiger partial charge in [0.1, 0.15) is 6.61 Å². The predicted octanol–water partition coefficient (Wildman–Crippen LogP) is 4.98. The van der Waals surface area contributed by atoms with Crippen LogP contribution in [-0.2, 0) is 22.6 Å². The molecule has 0 unspecified atom stereocenters. The fraction of sp³-hybridized carbons (Fsp3) is 0.292. The summed E-state index contributed by atoms with van der Waals surface area (Å²) in [4.78, 5) is 15.9. The normalized spacial score (nSPS) is 10.8. The van der Waals surface area contributed by atoms with Crippen molar-refractivity contribution in [1.29, 1.82) is 0 Å². The SMILES string of the molecule is CCOC(=O)Cc1csc(NN=Cc2ccc(OCc3ccccc3C)c(OCC)c2)n1. The summed E-state index contributed by atoms with van der Waals surface area (Å²) in [5.74, 6) is 1.06. The molecule has 1 aromatic heterocycles. The zero-order valence-electron chi connectivity index (χ0n) is 18.5. The number of hydrogen-bond donors (Lipinski definition) is 1. The molecule has 0 aliphatic rings. The molecule has 0 saturated heterocycles. The van der Waals surface area contributed by atoms with Gasteiger partial charge >= 0.3 is 5.97 Å². The van der Waals surface area contributed by atoms with Crippen molar-refractivity contribution in [2.75, 3.05) is 18.6 Å². The average molecular weight is 454 g/mol. The van der Waals surface area contributed by atoms with E-state index in [0.29, 0.717) is 42.1 Å². The Balaban J connectivity index is 1.61. The summed E-state index contributed by atoms with van der Waals surface area (Å²) in [5, 5.41) is 6.65. The first-order valence-corrected chi connectivity index (χ1v) is 11.3. The highest BCUT2D eigenvalue weighted by molar-refractivity contribution is 7.13. The second-order valence-corrected chi connectivity index (χ2v) is 7.71. The monoisotopic (exact) mass is 453 g/mol. The van der Waals surface area contributed by atoms with Crippen molar-refractivity contribution in [3.63, 3.8) is 0 Å². The summed E-state index contributed by atoms with van der Waals surface area (Å²) >= 11 is 1.38. The van der Waals surface area contributed by atoms with Crippen LogP contribution in [-0.4, -0.2) is 30.4 Å². The van der Waals surface area contributed by atoms with Crippen LogP contribution in [0.15, 0.2) is 52.9 Å². The van der Waals surface area contributed by atoms with Gasteiger partial charge in [-0.3, -0.25) is 10.2 Å². The number of anilines is 1. The molecule has 1 N–H and O–H groups in total. The van der Waals surface area contributed by atoms with E-state index < -0.39 is 0 Å². The summed E-state index contributed by atoms with van der Waals surface area (Å²) in [6.07, 6.45) is 1.83. The minimum absolute atomic E-state index is 0.150. The van der Waals surface area contributed by atoms with E-state index in [9.17, 15) is 4.79 Å². The van der Waals surface area contributed by atoms with Gasteiger partial charge in [-0.25, -0.2) is 4.98 Å². The van der Waals surface area contributed by atoms with Gasteiger partial charge in [0, 0.05) is 5.38 Å². The number of esters is 1. The van der Waals surface area contributed by atoms with Gasteiger partial charge in [-0.2, -0.15) is 5.10 Å². The predicted molar refractivity (Wildman–Crippen MR) is 127 cm³/mol. The molecule has 0 saturated carbocycles. The van der Waals surface area contributed by atoms with Gasteiger partial charge in [0.15, 0.2) is 11.5 Å². The number of aromatic nitrogens is 1. The minimum Gasteiger partial charge on any atom is -0.490 e. The molecule has 0 spiro atoms. The summed E-state index contributed by atoms with van der Waals surface area (Å²) in [6, 6.07) is 13.8. The summed E-state index contributed by atoms with van der Waals surface area (Å²) in [5.41, 5.74) is 6.72. The average Bonchev–Trinajstić information content (AvgIpc) is 3.21. The van der Waals surface area contributed by atoms with Gasteiger partial charge in [0.05, 0.1) is 31.5 Å². The molecular weight excluding hydrogens is 426 g/mol. The van der Waals surface area contributed by atoms with Crippen molar-refractivity contribution in [1.82, 2.24) is 4.98 Å². The van der Waals surface area contributed by atoms with Crippen molar-refractivity contribution < 1.29 is 19.0 Å². The van der Waals surface area contributed by atoms with Crippen LogP contribution < -0.4 is 14.9 Å². The zero-order valence-corrected chi connectivity index (χ0v) is 19.3. The molecule has 3 rings (SSSR count). The maximum atomic E-state index is 11.5. The fourth-order valence-electron chi connectivity index (χ4n) is 2.88. The van der Waals surface area contributed by atoms with Crippen molar-refractivity contribution in [2.45, 2.75) is 33.8 Å². The van der Waals surface area contributed by atoms with Crippen LogP contribution in [0.2, 0.25) is 0 Å². The quantitative estimate of drug-likeness (QED) is 0.250. The molecule has 7 nitrogen and oxygen atoms in total. The number of aryl methyl sites for hydroxylation is 1. The Morgan fingerprint density at radius 2 is 1.97 bits per heavy atom. The van der Waals surface area contributed by atoms with Crippen molar-refractivity contribution in [3.05, 3.63) is 70.2 Å². The first-order valence-electron chi connectivity index (χ1n) is 10.4. The summed E-state index contributed by atoms with van der Waals surface area (Å²) in [6.45, 7) is 7.14. The number of nitrogens with one attached hydrogen (secondary N) is 1. The van der Waals surface area contributed by atoms with E-state index in [1.807, 2.05) is 42.6 Å². The smallest absolute Gasteiger partial charge is 0.311 e. The lowest BCUT2D eigenvalue weighted by Gasteiger charge is -2.13. The highest BCUT2D eigenvalue weighted by atomic mass is 32.1. The Morgan fingerprint density at radius 1 is 1.12 bits per heavy atom. The summed E-state index contributed by atoms with van der Waals surface area (Å²) in [7, 11) is 0. The highest BCUT2D eigenvalue weighted by Gasteiger charge is 2.09. The Kier molecular flexibility index (Phi) is 8.62. The van der Waals surface area contributed by atoms with E-state index in [2.05, 4.69) is 34.6 Å². The first kappa shape index (κ1) is 23.3. The van der Waals surface area contributed by atoms with Crippen LogP contribution in [0.25, 0.3) is 0 Å². The highest BCUT2D eigenvalue weighted by Crippen LogP contribution is 2.29. The first-order chi connectivity index (χ1) is 15.6. The van der Waals surface area contributed by atoms with Crippen molar-refractivity contribution >= 4 is 28.7 Å². The summed E-state index contributed by atoms with van der Waals surface area (Å²) < 4.78 is 16.7. The van der Waals surface area contributed by atoms with Crippen LogP contribution in [0.3, 0.4) is 0 Å². The minimum atomic E-state index is -0.291. The number of benzene rings is 2. The number of ether oxygens (including phenoxy) is 3. The zero-order chi connectivity index (χ0) is 22.8. The standard InChI is InChI=1S/C24H27N3O4S/c1-4-29-22-12-18(10-11-21(22)31-15-19-9-7-6-8-17(19)3)14-25-27-24-26-20(16-32-24)13-23(28)30-5-2/h6-12,14,16H,4-5,13,15H2,1-3H3,(H,26,27). The number of rotatable bonds is 11. The second-order valence-electron chi connectivity index (χ2n) is 6.85. The van der Waals surface area contributed by atoms with Crippen LogP contribution in [0.4, 0.5) is 5.13 Å². The molecule has 0 fully saturated rings. The molecule has 0 atom stereocenters. The third-order valence-electron chi connectivity index (χ3n) is 4.47. The van der Waals surface area contributed by atoms with Gasteiger partial charge in [-0.05, 0) is 55.7 Å². The van der Waals surface area contributed by atoms with Crippen molar-refractivity contribution in [3.8, 4) is 11.5 Å². The van der Waals surface area contributed by atoms with Gasteiger partial charge in [0.25, 0.3) is 0 Å². The van der Waals surface area contributed by atoms with Gasteiger partial charge in [0.2, 0.25) is 5.13 Å². The second kappa shape index (κ2) is 11.9. The van der Waals surface area contributed by atoms with Crippen LogP contribution in [0.1, 0.15) is 36.2 Å². The van der Waals surface area contributed by atoms with E-state index in [4.69, 9.17) is 14.2 Å². The number of hydrazone groups is 1. The lowest BCUT2D eigenvalue weighted by molar-refractivity contribution is -0.142. The van der Waals surface area contributed by atoms with E-state index >= 15 is 0 Å². The Hall–Kier alpha value is -3.39. The molecule has 32 heavy (non-hydrogen) atoms. The molecule has 0 radical (unpaired) electrons. The topological polar surface area (TPSA) is 82.0 Å².